The first kappa shape index (κ1) is 32.7. The van der Waals surface area contributed by atoms with E-state index in [2.05, 4.69) is 15.3 Å². The number of nitrogens with one attached hydrogen (secondary N) is 1. The zero-order valence-electron chi connectivity index (χ0n) is 25.8. The number of hydrogen-bond donors (Lipinski definition) is 1. The summed E-state index contributed by atoms with van der Waals surface area (Å²) in [6.07, 6.45) is 3.69. The molecule has 9 nitrogen and oxygen atoms in total. The molecule has 0 unspecified atom stereocenters. The molecule has 5 rings (SSSR count). The van der Waals surface area contributed by atoms with Gasteiger partial charge in [-0.25, -0.2) is 15.0 Å². The molecule has 0 saturated heterocycles. The number of amides is 2. The van der Waals surface area contributed by atoms with Crippen molar-refractivity contribution < 1.29 is 19.1 Å². The topological polar surface area (TPSA) is 107 Å². The second-order valence-corrected chi connectivity index (χ2v) is 13.3. The number of carbonyl (C=O) groups is 2. The van der Waals surface area contributed by atoms with Gasteiger partial charge in [0.15, 0.2) is 5.16 Å². The van der Waals surface area contributed by atoms with Crippen molar-refractivity contribution in [1.29, 1.82) is 0 Å². The Bertz CT molecular complexity index is 1640. The third-order valence-electron chi connectivity index (χ3n) is 7.85. The first-order valence-electron chi connectivity index (χ1n) is 14.7. The number of halogens is 1. The van der Waals surface area contributed by atoms with Crippen LogP contribution in [-0.4, -0.2) is 57.2 Å². The number of thiazole rings is 1. The van der Waals surface area contributed by atoms with E-state index in [1.807, 2.05) is 49.6 Å². The number of thioether (sulfide) groups is 1. The molecule has 236 valence electrons. The number of methoxy groups -OCH3 is 2. The van der Waals surface area contributed by atoms with Crippen LogP contribution < -0.4 is 14.8 Å². The summed E-state index contributed by atoms with van der Waals surface area (Å²) in [5, 5.41) is 6.98. The highest BCUT2D eigenvalue weighted by Gasteiger charge is 2.47. The van der Waals surface area contributed by atoms with Gasteiger partial charge in [0.25, 0.3) is 0 Å². The molecule has 1 fully saturated rings. The number of hydrogen-bond acceptors (Lipinski definition) is 9. The Hall–Kier alpha value is -3.67. The number of aromatic nitrogens is 3. The van der Waals surface area contributed by atoms with Crippen molar-refractivity contribution in [3.63, 3.8) is 0 Å². The van der Waals surface area contributed by atoms with Gasteiger partial charge in [0, 0.05) is 33.4 Å². The molecule has 0 radical (unpaired) electrons. The molecule has 1 aliphatic carbocycles. The van der Waals surface area contributed by atoms with Gasteiger partial charge in [0.05, 0.1) is 37.9 Å². The molecular formula is C33H36ClN5O4S2. The van der Waals surface area contributed by atoms with Gasteiger partial charge >= 0.3 is 0 Å². The molecule has 0 atom stereocenters. The van der Waals surface area contributed by atoms with Crippen LogP contribution in [0.15, 0.2) is 59.1 Å². The van der Waals surface area contributed by atoms with Crippen molar-refractivity contribution in [2.24, 2.45) is 0 Å². The fourth-order valence-electron chi connectivity index (χ4n) is 5.61. The van der Waals surface area contributed by atoms with Gasteiger partial charge in [0.1, 0.15) is 22.0 Å². The lowest BCUT2D eigenvalue weighted by Crippen LogP contribution is -2.60. The first-order chi connectivity index (χ1) is 21.7. The summed E-state index contributed by atoms with van der Waals surface area (Å²) in [5.41, 5.74) is 2.82. The van der Waals surface area contributed by atoms with Crippen LogP contribution in [0.3, 0.4) is 0 Å². The van der Waals surface area contributed by atoms with E-state index in [0.29, 0.717) is 40.2 Å². The van der Waals surface area contributed by atoms with Crippen molar-refractivity contribution >= 4 is 52.2 Å². The van der Waals surface area contributed by atoms with Crippen LogP contribution in [0.5, 0.6) is 11.5 Å². The maximum absolute atomic E-state index is 14.4. The van der Waals surface area contributed by atoms with Gasteiger partial charge in [-0.1, -0.05) is 54.8 Å². The van der Waals surface area contributed by atoms with Gasteiger partial charge in [-0.2, -0.15) is 0 Å². The van der Waals surface area contributed by atoms with E-state index >= 15 is 0 Å². The highest BCUT2D eigenvalue weighted by atomic mass is 35.5. The van der Waals surface area contributed by atoms with Crippen LogP contribution in [0.1, 0.15) is 48.5 Å². The minimum atomic E-state index is -1.09. The van der Waals surface area contributed by atoms with Crippen LogP contribution >= 0.6 is 34.7 Å². The number of carbonyl (C=O) groups excluding carboxylic acids is 2. The van der Waals surface area contributed by atoms with E-state index in [4.69, 9.17) is 26.1 Å². The van der Waals surface area contributed by atoms with Gasteiger partial charge in [-0.3, -0.25) is 9.59 Å². The molecule has 0 aliphatic heterocycles. The van der Waals surface area contributed by atoms with Gasteiger partial charge in [0.2, 0.25) is 11.8 Å². The lowest BCUT2D eigenvalue weighted by Gasteiger charge is -2.44. The van der Waals surface area contributed by atoms with Crippen molar-refractivity contribution in [2.45, 2.75) is 63.2 Å². The zero-order valence-corrected chi connectivity index (χ0v) is 28.2. The van der Waals surface area contributed by atoms with Crippen LogP contribution in [-0.2, 0) is 16.1 Å². The quantitative estimate of drug-likeness (QED) is 0.131. The molecular weight excluding hydrogens is 630 g/mol. The highest BCUT2D eigenvalue weighted by Crippen LogP contribution is 2.39. The number of ether oxygens (including phenoxy) is 2. The number of anilines is 1. The molecule has 1 N–H and O–H groups in total. The average molecular weight is 666 g/mol. The van der Waals surface area contributed by atoms with E-state index in [1.165, 1.54) is 23.1 Å². The summed E-state index contributed by atoms with van der Waals surface area (Å²) in [6.45, 7) is 4.00. The Morgan fingerprint density at radius 2 is 1.69 bits per heavy atom. The fourth-order valence-corrected chi connectivity index (χ4v) is 7.35. The summed E-state index contributed by atoms with van der Waals surface area (Å²) >= 11 is 8.84. The van der Waals surface area contributed by atoms with E-state index in [-0.39, 0.29) is 24.1 Å². The summed E-state index contributed by atoms with van der Waals surface area (Å²) in [7, 11) is 3.12. The number of rotatable bonds is 11. The largest absolute Gasteiger partial charge is 0.497 e. The summed E-state index contributed by atoms with van der Waals surface area (Å²) in [6, 6.07) is 14.6. The number of aryl methyl sites for hydroxylation is 2. The van der Waals surface area contributed by atoms with E-state index < -0.39 is 5.54 Å². The Morgan fingerprint density at radius 1 is 0.978 bits per heavy atom. The number of benzene rings is 2. The number of nitrogens with zero attached hydrogens (tertiary/aromatic N) is 4. The van der Waals surface area contributed by atoms with Crippen molar-refractivity contribution in [1.82, 2.24) is 19.9 Å². The summed E-state index contributed by atoms with van der Waals surface area (Å²) in [4.78, 5) is 44.3. The van der Waals surface area contributed by atoms with Crippen LogP contribution in [0.4, 0.5) is 5.69 Å². The monoisotopic (exact) mass is 665 g/mol. The maximum Gasteiger partial charge on any atom is 0.250 e. The molecule has 0 bridgehead atoms. The molecule has 2 aromatic carbocycles. The standard InChI is InChI=1S/C33H36ClN5O4S2/c1-21-16-22(2)36-32(35-21)45-20-30(40)39(18-29-37-27(19-44-29)23-8-10-24(34)11-9-23)33(14-6-5-7-15-33)31(41)38-26-13-12-25(42-3)17-28(26)43-4/h8-13,16-17,19H,5-7,14-15,18,20H2,1-4H3,(H,38,41). The van der Waals surface area contributed by atoms with E-state index in [9.17, 15) is 9.59 Å². The molecule has 1 saturated carbocycles. The Labute approximate surface area is 276 Å². The third-order valence-corrected chi connectivity index (χ3v) is 9.77. The Kier molecular flexibility index (Phi) is 10.6. The van der Waals surface area contributed by atoms with Crippen LogP contribution in [0.2, 0.25) is 5.02 Å². The Balaban J connectivity index is 1.48. The van der Waals surface area contributed by atoms with Crippen molar-refractivity contribution in [2.75, 3.05) is 25.3 Å². The molecule has 45 heavy (non-hydrogen) atoms. The third kappa shape index (κ3) is 7.77. The normalized spacial score (nSPS) is 14.1. The molecule has 1 aliphatic rings. The van der Waals surface area contributed by atoms with Crippen LogP contribution in [0, 0.1) is 13.8 Å². The predicted molar refractivity (Wildman–Crippen MR) is 179 cm³/mol. The minimum absolute atomic E-state index is 0.0825. The van der Waals surface area contributed by atoms with E-state index in [1.54, 1.807) is 37.3 Å². The highest BCUT2D eigenvalue weighted by molar-refractivity contribution is 7.99. The maximum atomic E-state index is 14.4. The molecule has 2 aromatic heterocycles. The van der Waals surface area contributed by atoms with Gasteiger partial charge in [-0.05, 0) is 57.0 Å². The SMILES string of the molecule is COc1ccc(NC(=O)C2(N(Cc3nc(-c4ccc(Cl)cc4)cs3)C(=O)CSc3nc(C)cc(C)n3)CCCCC2)c(OC)c1. The lowest BCUT2D eigenvalue weighted by molar-refractivity contribution is -0.146. The smallest absolute Gasteiger partial charge is 0.250 e. The van der Waals surface area contributed by atoms with Crippen LogP contribution in [0.25, 0.3) is 11.3 Å². The summed E-state index contributed by atoms with van der Waals surface area (Å²) < 4.78 is 10.9. The second-order valence-electron chi connectivity index (χ2n) is 10.9. The summed E-state index contributed by atoms with van der Waals surface area (Å²) in [5.74, 6) is 0.742. The fraction of sp³-hybridized carbons (Fsp3) is 0.364. The minimum Gasteiger partial charge on any atom is -0.497 e. The average Bonchev–Trinajstić information content (AvgIpc) is 3.51. The van der Waals surface area contributed by atoms with Gasteiger partial charge in [-0.15, -0.1) is 11.3 Å². The zero-order chi connectivity index (χ0) is 32.0. The lowest BCUT2D eigenvalue weighted by atomic mass is 9.79. The van der Waals surface area contributed by atoms with Crippen molar-refractivity contribution in [3.05, 3.63) is 75.3 Å². The van der Waals surface area contributed by atoms with Gasteiger partial charge < -0.3 is 19.7 Å². The second kappa shape index (κ2) is 14.6. The molecule has 2 amide bonds. The molecule has 12 heteroatoms. The predicted octanol–water partition coefficient (Wildman–Crippen LogP) is 7.35. The van der Waals surface area contributed by atoms with E-state index in [0.717, 1.165) is 46.9 Å². The molecule has 2 heterocycles. The Morgan fingerprint density at radius 3 is 2.36 bits per heavy atom. The first-order valence-corrected chi connectivity index (χ1v) is 16.9. The van der Waals surface area contributed by atoms with Crippen molar-refractivity contribution in [3.8, 4) is 22.8 Å². The molecule has 4 aromatic rings. The molecule has 0 spiro atoms.